The zero-order valence-corrected chi connectivity index (χ0v) is 18.3. The van der Waals surface area contributed by atoms with Gasteiger partial charge in [0.15, 0.2) is 0 Å². The fraction of sp³-hybridized carbons (Fsp3) is 0.308. The molecule has 0 saturated carbocycles. The van der Waals surface area contributed by atoms with Crippen molar-refractivity contribution in [3.63, 3.8) is 0 Å². The molecule has 1 N–H and O–H groups in total. The van der Waals surface area contributed by atoms with Crippen LogP contribution in [0.15, 0.2) is 72.9 Å². The molecule has 5 heteroatoms. The number of aromatic nitrogens is 1. The number of hydrogen-bond acceptors (Lipinski definition) is 4. The van der Waals surface area contributed by atoms with E-state index >= 15 is 0 Å². The number of piperazine rings is 1. The van der Waals surface area contributed by atoms with Gasteiger partial charge in [0.25, 0.3) is 0 Å². The maximum absolute atomic E-state index is 13.5. The van der Waals surface area contributed by atoms with Crippen LogP contribution in [0.3, 0.4) is 0 Å². The average Bonchev–Trinajstić information content (AvgIpc) is 2.79. The Balaban J connectivity index is 1.48. The Morgan fingerprint density at radius 2 is 1.71 bits per heavy atom. The van der Waals surface area contributed by atoms with Gasteiger partial charge in [-0.15, -0.1) is 0 Å². The highest BCUT2D eigenvalue weighted by atomic mass is 16.2. The van der Waals surface area contributed by atoms with Gasteiger partial charge in [-0.1, -0.05) is 48.5 Å². The second-order valence-electron chi connectivity index (χ2n) is 8.25. The Bertz CT molecular complexity index is 998. The molecular formula is C26H30N4O. The van der Waals surface area contributed by atoms with Crippen molar-refractivity contribution in [3.8, 4) is 0 Å². The Hall–Kier alpha value is -3.02. The summed E-state index contributed by atoms with van der Waals surface area (Å²) < 4.78 is 0. The lowest BCUT2D eigenvalue weighted by Gasteiger charge is -2.38. The zero-order chi connectivity index (χ0) is 21.6. The number of benzene rings is 2. The van der Waals surface area contributed by atoms with Crippen LogP contribution in [0.25, 0.3) is 0 Å². The molecule has 2 heterocycles. The van der Waals surface area contributed by atoms with Crippen LogP contribution in [0.4, 0.5) is 5.69 Å². The molecule has 0 spiro atoms. The molecule has 1 fully saturated rings. The van der Waals surface area contributed by atoms with Gasteiger partial charge in [-0.25, -0.2) is 0 Å². The van der Waals surface area contributed by atoms with E-state index in [2.05, 4.69) is 38.3 Å². The largest absolute Gasteiger partial charge is 0.324 e. The lowest BCUT2D eigenvalue weighted by Crippen LogP contribution is -2.49. The van der Waals surface area contributed by atoms with E-state index < -0.39 is 0 Å². The van der Waals surface area contributed by atoms with Gasteiger partial charge in [-0.2, -0.15) is 0 Å². The standard InChI is InChI=1S/C26H30N4O/c1-20-11-12-21(2)24(18-20)28-26(31)25(22-8-4-3-5-9-22)30-16-14-29(15-17-30)19-23-10-6-7-13-27-23/h3-13,18,25H,14-17,19H2,1-2H3,(H,28,31). The molecule has 4 rings (SSSR count). The van der Waals surface area contributed by atoms with Crippen LogP contribution < -0.4 is 5.32 Å². The monoisotopic (exact) mass is 414 g/mol. The highest BCUT2D eigenvalue weighted by molar-refractivity contribution is 5.96. The number of anilines is 1. The molecule has 1 aromatic heterocycles. The molecule has 31 heavy (non-hydrogen) atoms. The minimum atomic E-state index is -0.307. The second kappa shape index (κ2) is 9.86. The molecule has 1 unspecified atom stereocenters. The van der Waals surface area contributed by atoms with Crippen molar-refractivity contribution >= 4 is 11.6 Å². The predicted octanol–water partition coefficient (Wildman–Crippen LogP) is 4.20. The van der Waals surface area contributed by atoms with Crippen LogP contribution >= 0.6 is 0 Å². The van der Waals surface area contributed by atoms with E-state index in [4.69, 9.17) is 0 Å². The van der Waals surface area contributed by atoms with E-state index in [-0.39, 0.29) is 11.9 Å². The van der Waals surface area contributed by atoms with Gasteiger partial charge < -0.3 is 5.32 Å². The maximum Gasteiger partial charge on any atom is 0.246 e. The normalized spacial score (nSPS) is 16.1. The highest BCUT2D eigenvalue weighted by Crippen LogP contribution is 2.26. The van der Waals surface area contributed by atoms with Crippen LogP contribution in [0.5, 0.6) is 0 Å². The molecule has 1 atom stereocenters. The number of nitrogens with one attached hydrogen (secondary N) is 1. The Labute approximate surface area is 184 Å². The number of rotatable bonds is 6. The molecule has 1 aliphatic rings. The van der Waals surface area contributed by atoms with Gasteiger partial charge in [0.2, 0.25) is 5.91 Å². The summed E-state index contributed by atoms with van der Waals surface area (Å²) in [4.78, 5) is 22.6. The number of carbonyl (C=O) groups is 1. The van der Waals surface area contributed by atoms with Crippen molar-refractivity contribution in [2.75, 3.05) is 31.5 Å². The first kappa shape index (κ1) is 21.2. The summed E-state index contributed by atoms with van der Waals surface area (Å²) in [6.45, 7) is 8.43. The molecule has 0 radical (unpaired) electrons. The fourth-order valence-corrected chi connectivity index (χ4v) is 4.14. The molecular weight excluding hydrogens is 384 g/mol. The molecule has 5 nitrogen and oxygen atoms in total. The predicted molar refractivity (Wildman–Crippen MR) is 125 cm³/mol. The summed E-state index contributed by atoms with van der Waals surface area (Å²) in [5, 5.41) is 3.19. The number of carbonyl (C=O) groups excluding carboxylic acids is 1. The topological polar surface area (TPSA) is 48.5 Å². The molecule has 1 aliphatic heterocycles. The van der Waals surface area contributed by atoms with Crippen molar-refractivity contribution in [2.24, 2.45) is 0 Å². The highest BCUT2D eigenvalue weighted by Gasteiger charge is 2.30. The summed E-state index contributed by atoms with van der Waals surface area (Å²) in [6, 6.07) is 22.0. The van der Waals surface area contributed by atoms with E-state index in [1.165, 1.54) is 0 Å². The fourth-order valence-electron chi connectivity index (χ4n) is 4.14. The molecule has 3 aromatic rings. The van der Waals surface area contributed by atoms with Crippen LogP contribution in [0.2, 0.25) is 0 Å². The summed E-state index contributed by atoms with van der Waals surface area (Å²) >= 11 is 0. The van der Waals surface area contributed by atoms with E-state index in [9.17, 15) is 4.79 Å². The van der Waals surface area contributed by atoms with Crippen molar-refractivity contribution in [1.29, 1.82) is 0 Å². The third-order valence-corrected chi connectivity index (χ3v) is 5.90. The second-order valence-corrected chi connectivity index (χ2v) is 8.25. The molecule has 1 saturated heterocycles. The van der Waals surface area contributed by atoms with Gasteiger partial charge in [0.1, 0.15) is 6.04 Å². The van der Waals surface area contributed by atoms with Crippen molar-refractivity contribution in [1.82, 2.24) is 14.8 Å². The Morgan fingerprint density at radius 3 is 2.42 bits per heavy atom. The number of hydrogen-bond donors (Lipinski definition) is 1. The summed E-state index contributed by atoms with van der Waals surface area (Å²) in [7, 11) is 0. The van der Waals surface area contributed by atoms with Crippen LogP contribution in [0.1, 0.15) is 28.4 Å². The third kappa shape index (κ3) is 5.37. The summed E-state index contributed by atoms with van der Waals surface area (Å²) in [5.41, 5.74) is 5.22. The molecule has 0 aliphatic carbocycles. The SMILES string of the molecule is Cc1ccc(C)c(NC(=O)C(c2ccccc2)N2CCN(Cc3ccccn3)CC2)c1. The number of amides is 1. The smallest absolute Gasteiger partial charge is 0.246 e. The quantitative estimate of drug-likeness (QED) is 0.657. The van der Waals surface area contributed by atoms with E-state index in [1.54, 1.807) is 0 Å². The first-order valence-corrected chi connectivity index (χ1v) is 10.9. The van der Waals surface area contributed by atoms with Gasteiger partial charge in [0, 0.05) is 44.6 Å². The van der Waals surface area contributed by atoms with Crippen LogP contribution in [-0.2, 0) is 11.3 Å². The van der Waals surface area contributed by atoms with Gasteiger partial charge in [-0.3, -0.25) is 19.6 Å². The Kier molecular flexibility index (Phi) is 6.75. The molecule has 0 bridgehead atoms. The van der Waals surface area contributed by atoms with Crippen LogP contribution in [-0.4, -0.2) is 46.9 Å². The lowest BCUT2D eigenvalue weighted by molar-refractivity contribution is -0.122. The average molecular weight is 415 g/mol. The number of pyridine rings is 1. The number of nitrogens with zero attached hydrogens (tertiary/aromatic N) is 3. The van der Waals surface area contributed by atoms with Crippen molar-refractivity contribution in [3.05, 3.63) is 95.3 Å². The maximum atomic E-state index is 13.5. The minimum Gasteiger partial charge on any atom is -0.324 e. The minimum absolute atomic E-state index is 0.0260. The summed E-state index contributed by atoms with van der Waals surface area (Å²) in [6.07, 6.45) is 1.84. The van der Waals surface area contributed by atoms with E-state index in [0.717, 1.165) is 60.8 Å². The third-order valence-electron chi connectivity index (χ3n) is 5.90. The van der Waals surface area contributed by atoms with Crippen molar-refractivity contribution < 1.29 is 4.79 Å². The Morgan fingerprint density at radius 1 is 0.968 bits per heavy atom. The van der Waals surface area contributed by atoms with Crippen molar-refractivity contribution in [2.45, 2.75) is 26.4 Å². The molecule has 1 amide bonds. The molecule has 2 aromatic carbocycles. The van der Waals surface area contributed by atoms with Crippen LogP contribution in [0, 0.1) is 13.8 Å². The van der Waals surface area contributed by atoms with E-state index in [0.29, 0.717) is 0 Å². The lowest BCUT2D eigenvalue weighted by atomic mass is 10.0. The molecule has 160 valence electrons. The van der Waals surface area contributed by atoms with Gasteiger partial charge in [0.05, 0.1) is 5.69 Å². The van der Waals surface area contributed by atoms with E-state index in [1.807, 2.05) is 68.6 Å². The first-order valence-electron chi connectivity index (χ1n) is 10.9. The van der Waals surface area contributed by atoms with Gasteiger partial charge >= 0.3 is 0 Å². The zero-order valence-electron chi connectivity index (χ0n) is 18.3. The van der Waals surface area contributed by atoms with Gasteiger partial charge in [-0.05, 0) is 48.7 Å². The first-order chi connectivity index (χ1) is 15.1. The summed E-state index contributed by atoms with van der Waals surface area (Å²) in [5.74, 6) is 0.0260. The number of aryl methyl sites for hydroxylation is 2.